The van der Waals surface area contributed by atoms with Crippen LogP contribution in [0.15, 0.2) is 0 Å². The zero-order chi connectivity index (χ0) is 18.6. The third kappa shape index (κ3) is 3.35. The molecular weight excluding hydrogens is 361 g/mol. The number of aliphatic hydroxyl groups excluding tert-OH is 1. The number of aromatic nitrogens is 2. The molecule has 0 bridgehead atoms. The van der Waals surface area contributed by atoms with Crippen molar-refractivity contribution in [1.29, 1.82) is 0 Å². The summed E-state index contributed by atoms with van der Waals surface area (Å²) in [6, 6.07) is -0.518. The van der Waals surface area contributed by atoms with Gasteiger partial charge in [-0.3, -0.25) is 4.68 Å². The van der Waals surface area contributed by atoms with Gasteiger partial charge in [-0.2, -0.15) is 27.1 Å². The van der Waals surface area contributed by atoms with Crippen molar-refractivity contribution in [3.8, 4) is 0 Å². The van der Waals surface area contributed by atoms with Crippen molar-refractivity contribution in [3.05, 3.63) is 17.0 Å². The third-order valence-electron chi connectivity index (χ3n) is 4.70. The summed E-state index contributed by atoms with van der Waals surface area (Å²) in [5, 5.41) is 13.1. The Hall–Kier alpha value is -1.36. The topological polar surface area (TPSA) is 47.3 Å². The second kappa shape index (κ2) is 6.11. The summed E-state index contributed by atoms with van der Waals surface area (Å²) in [5.41, 5.74) is -2.46. The molecule has 1 N–H and O–H groups in total. The highest BCUT2D eigenvalue weighted by Crippen LogP contribution is 2.49. The molecule has 0 unspecified atom stereocenters. The average molecular weight is 376 g/mol. The summed E-state index contributed by atoms with van der Waals surface area (Å²) >= 11 is 0. The van der Waals surface area contributed by atoms with Crippen molar-refractivity contribution in [2.24, 2.45) is 5.92 Å². The molecule has 2 aliphatic carbocycles. The van der Waals surface area contributed by atoms with E-state index >= 15 is 0 Å². The first-order valence-corrected chi connectivity index (χ1v) is 7.65. The number of alkyl halides is 7. The number of halogens is 7. The Balaban J connectivity index is 1.86. The first-order valence-electron chi connectivity index (χ1n) is 7.65. The molecule has 142 valence electrons. The maximum Gasteiger partial charge on any atom is 0.435 e. The fourth-order valence-electron chi connectivity index (χ4n) is 3.41. The molecule has 2 aliphatic rings. The van der Waals surface area contributed by atoms with Gasteiger partial charge in [0.05, 0.1) is 12.6 Å². The van der Waals surface area contributed by atoms with Crippen molar-refractivity contribution in [3.63, 3.8) is 0 Å². The number of hydrogen-bond donors (Lipinski definition) is 1. The number of fused-ring (bicyclic) bond motifs is 1. The molecule has 1 atom stereocenters. The maximum atomic E-state index is 13.6. The lowest BCUT2D eigenvalue weighted by atomic mass is 9.80. The lowest BCUT2D eigenvalue weighted by molar-refractivity contribution is -0.151. The lowest BCUT2D eigenvalue weighted by Gasteiger charge is -2.37. The predicted molar refractivity (Wildman–Crippen MR) is 69.2 cm³/mol. The summed E-state index contributed by atoms with van der Waals surface area (Å²) in [6.45, 7) is -3.16. The van der Waals surface area contributed by atoms with Crippen molar-refractivity contribution in [1.82, 2.24) is 9.78 Å². The molecule has 3 rings (SSSR count). The standard InChI is InChI=1S/C14H15F7N2O2/c15-12(16)25-5-6-3-7(4-6)23-8-1-2-13(17,18)11(24)9(8)10(22-23)14(19,20)21/h6-7,11-12,24H,1-5H2/t6-,7-,11-/m0/s1. The number of hydrogen-bond acceptors (Lipinski definition) is 3. The minimum Gasteiger partial charge on any atom is -0.382 e. The minimum absolute atomic E-state index is 0.0658. The first kappa shape index (κ1) is 18.4. The fraction of sp³-hybridized carbons (Fsp3) is 0.786. The quantitative estimate of drug-likeness (QED) is 0.815. The van der Waals surface area contributed by atoms with Gasteiger partial charge in [0, 0.05) is 17.7 Å². The summed E-state index contributed by atoms with van der Waals surface area (Å²) in [7, 11) is 0. The van der Waals surface area contributed by atoms with E-state index in [9.17, 15) is 35.8 Å². The van der Waals surface area contributed by atoms with Gasteiger partial charge in [0.25, 0.3) is 5.92 Å². The first-order chi connectivity index (χ1) is 11.5. The highest BCUT2D eigenvalue weighted by atomic mass is 19.4. The van der Waals surface area contributed by atoms with Crippen LogP contribution in [0.1, 0.15) is 48.4 Å². The molecule has 0 aromatic carbocycles. The Bertz CT molecular complexity index is 638. The van der Waals surface area contributed by atoms with E-state index < -0.39 is 48.5 Å². The molecule has 0 amide bonds. The van der Waals surface area contributed by atoms with Crippen LogP contribution in [0.4, 0.5) is 30.7 Å². The van der Waals surface area contributed by atoms with Crippen LogP contribution in [0.25, 0.3) is 0 Å². The lowest BCUT2D eigenvalue weighted by Crippen LogP contribution is -2.35. The molecule has 1 fully saturated rings. The summed E-state index contributed by atoms with van der Waals surface area (Å²) < 4.78 is 95.9. The zero-order valence-electron chi connectivity index (χ0n) is 12.7. The molecule has 0 spiro atoms. The third-order valence-corrected chi connectivity index (χ3v) is 4.70. The van der Waals surface area contributed by atoms with E-state index in [1.54, 1.807) is 0 Å². The molecule has 11 heteroatoms. The van der Waals surface area contributed by atoms with E-state index in [0.717, 1.165) is 4.68 Å². The summed E-state index contributed by atoms with van der Waals surface area (Å²) in [5.74, 6) is -3.92. The van der Waals surface area contributed by atoms with E-state index in [0.29, 0.717) is 0 Å². The van der Waals surface area contributed by atoms with Crippen LogP contribution in [0, 0.1) is 5.92 Å². The second-order valence-corrected chi connectivity index (χ2v) is 6.40. The van der Waals surface area contributed by atoms with Crippen LogP contribution in [0.5, 0.6) is 0 Å². The largest absolute Gasteiger partial charge is 0.435 e. The monoisotopic (exact) mass is 376 g/mol. The van der Waals surface area contributed by atoms with E-state index in [2.05, 4.69) is 9.84 Å². The molecule has 1 aromatic heterocycles. The van der Waals surface area contributed by atoms with Crippen molar-refractivity contribution >= 4 is 0 Å². The Morgan fingerprint density at radius 1 is 1.28 bits per heavy atom. The molecule has 0 saturated heterocycles. The Labute approximate surface area is 137 Å². The van der Waals surface area contributed by atoms with Gasteiger partial charge >= 0.3 is 12.8 Å². The van der Waals surface area contributed by atoms with Crippen LogP contribution < -0.4 is 0 Å². The smallest absolute Gasteiger partial charge is 0.382 e. The minimum atomic E-state index is -4.98. The predicted octanol–water partition coefficient (Wildman–Crippen LogP) is 3.71. The van der Waals surface area contributed by atoms with Gasteiger partial charge in [0.1, 0.15) is 6.10 Å². The van der Waals surface area contributed by atoms with E-state index in [-0.39, 0.29) is 37.5 Å². The molecular formula is C14H15F7N2O2. The van der Waals surface area contributed by atoms with E-state index in [1.807, 2.05) is 0 Å². The Morgan fingerprint density at radius 2 is 1.92 bits per heavy atom. The van der Waals surface area contributed by atoms with Crippen LogP contribution in [-0.2, 0) is 17.3 Å². The van der Waals surface area contributed by atoms with E-state index in [1.165, 1.54) is 0 Å². The Kier molecular flexibility index (Phi) is 4.51. The van der Waals surface area contributed by atoms with Crippen LogP contribution in [-0.4, -0.2) is 34.0 Å². The number of aliphatic hydroxyl groups is 1. The van der Waals surface area contributed by atoms with Crippen molar-refractivity contribution in [2.45, 2.75) is 56.5 Å². The van der Waals surface area contributed by atoms with Gasteiger partial charge in [-0.1, -0.05) is 0 Å². The second-order valence-electron chi connectivity index (χ2n) is 6.40. The van der Waals surface area contributed by atoms with Gasteiger partial charge in [0.15, 0.2) is 5.69 Å². The number of nitrogens with zero attached hydrogens (tertiary/aromatic N) is 2. The molecule has 1 heterocycles. The molecule has 25 heavy (non-hydrogen) atoms. The van der Waals surface area contributed by atoms with Crippen molar-refractivity contribution in [2.75, 3.05) is 6.61 Å². The highest BCUT2D eigenvalue weighted by molar-refractivity contribution is 5.35. The maximum absolute atomic E-state index is 13.6. The number of ether oxygens (including phenoxy) is 1. The highest BCUT2D eigenvalue weighted by Gasteiger charge is 2.52. The van der Waals surface area contributed by atoms with Gasteiger partial charge < -0.3 is 9.84 Å². The van der Waals surface area contributed by atoms with E-state index in [4.69, 9.17) is 0 Å². The summed E-state index contributed by atoms with van der Waals surface area (Å²) in [6.07, 6.45) is -8.17. The SMILES string of the molecule is O[C@H]1c2c(C(F)(F)F)nn([C@H]3C[C@H](COC(F)F)C3)c2CCC1(F)F. The van der Waals surface area contributed by atoms with Gasteiger partial charge in [-0.15, -0.1) is 0 Å². The van der Waals surface area contributed by atoms with Crippen LogP contribution in [0.2, 0.25) is 0 Å². The molecule has 0 aliphatic heterocycles. The average Bonchev–Trinajstić information content (AvgIpc) is 2.81. The van der Waals surface area contributed by atoms with Crippen LogP contribution in [0.3, 0.4) is 0 Å². The van der Waals surface area contributed by atoms with Crippen molar-refractivity contribution < 1.29 is 40.6 Å². The Morgan fingerprint density at radius 3 is 2.48 bits per heavy atom. The normalized spacial score (nSPS) is 28.8. The zero-order valence-corrected chi connectivity index (χ0v) is 12.7. The molecule has 0 radical (unpaired) electrons. The van der Waals surface area contributed by atoms with Crippen LogP contribution >= 0.6 is 0 Å². The van der Waals surface area contributed by atoms with Gasteiger partial charge in [-0.05, 0) is 25.2 Å². The summed E-state index contributed by atoms with van der Waals surface area (Å²) in [4.78, 5) is 0. The molecule has 1 aromatic rings. The van der Waals surface area contributed by atoms with Gasteiger partial charge in [-0.25, -0.2) is 8.78 Å². The fourth-order valence-corrected chi connectivity index (χ4v) is 3.41. The van der Waals surface area contributed by atoms with Gasteiger partial charge in [0.2, 0.25) is 0 Å². The molecule has 1 saturated carbocycles. The molecule has 4 nitrogen and oxygen atoms in total. The number of rotatable bonds is 4.